The van der Waals surface area contributed by atoms with E-state index in [0.29, 0.717) is 12.3 Å². The predicted molar refractivity (Wildman–Crippen MR) is 131 cm³/mol. The van der Waals surface area contributed by atoms with Crippen LogP contribution in [0.25, 0.3) is 11.3 Å². The molecule has 1 amide bonds. The number of rotatable bonds is 6. The Bertz CT molecular complexity index is 1280. The van der Waals surface area contributed by atoms with Crippen molar-refractivity contribution < 1.29 is 14.3 Å². The Balaban J connectivity index is 1.65. The third-order valence-electron chi connectivity index (χ3n) is 5.74. The minimum absolute atomic E-state index is 0.113. The van der Waals surface area contributed by atoms with Crippen molar-refractivity contribution in [3.05, 3.63) is 94.1 Å². The summed E-state index contributed by atoms with van der Waals surface area (Å²) in [5, 5.41) is 7.53. The Morgan fingerprint density at radius 1 is 0.970 bits per heavy atom. The number of fused-ring (bicyclic) bond motifs is 1. The highest BCUT2D eigenvalue weighted by molar-refractivity contribution is 9.10. The Kier molecular flexibility index (Phi) is 5.64. The summed E-state index contributed by atoms with van der Waals surface area (Å²) in [5.41, 5.74) is 4.81. The summed E-state index contributed by atoms with van der Waals surface area (Å²) in [6.45, 7) is 2.55. The van der Waals surface area contributed by atoms with Gasteiger partial charge in [0, 0.05) is 21.3 Å². The van der Waals surface area contributed by atoms with E-state index in [4.69, 9.17) is 9.47 Å². The van der Waals surface area contributed by atoms with E-state index in [9.17, 15) is 4.79 Å². The molecule has 0 radical (unpaired) electrons. The van der Waals surface area contributed by atoms with Crippen LogP contribution in [-0.2, 0) is 0 Å². The third kappa shape index (κ3) is 3.78. The maximum absolute atomic E-state index is 13.6. The molecule has 3 aromatic carbocycles. The van der Waals surface area contributed by atoms with Crippen LogP contribution in [0.2, 0.25) is 0 Å². The molecule has 7 heteroatoms. The van der Waals surface area contributed by atoms with Crippen LogP contribution in [0.1, 0.15) is 34.6 Å². The number of anilines is 1. The fourth-order valence-electron chi connectivity index (χ4n) is 4.21. The lowest BCUT2D eigenvalue weighted by Gasteiger charge is -2.26. The number of hydrogen-bond donors (Lipinski definition) is 1. The number of halogens is 1. The lowest BCUT2D eigenvalue weighted by molar-refractivity contribution is 0.0989. The van der Waals surface area contributed by atoms with Crippen LogP contribution in [0, 0.1) is 0 Å². The highest BCUT2D eigenvalue weighted by Crippen LogP contribution is 2.45. The van der Waals surface area contributed by atoms with E-state index in [0.717, 1.165) is 44.0 Å². The molecule has 1 N–H and O–H groups in total. The van der Waals surface area contributed by atoms with Crippen LogP contribution >= 0.6 is 15.9 Å². The number of amides is 1. The number of hydrogen-bond acceptors (Lipinski definition) is 4. The molecule has 4 aromatic rings. The molecule has 33 heavy (non-hydrogen) atoms. The first kappa shape index (κ1) is 21.3. The van der Waals surface area contributed by atoms with Crippen molar-refractivity contribution in [2.75, 3.05) is 18.6 Å². The van der Waals surface area contributed by atoms with Gasteiger partial charge in [-0.3, -0.25) is 14.8 Å². The quantitative estimate of drug-likeness (QED) is 0.350. The fraction of sp³-hybridized carbons (Fsp3) is 0.154. The Hall–Kier alpha value is -3.58. The zero-order valence-electron chi connectivity index (χ0n) is 18.2. The van der Waals surface area contributed by atoms with E-state index in [1.165, 1.54) is 0 Å². The predicted octanol–water partition coefficient (Wildman–Crippen LogP) is 6.00. The second-order valence-corrected chi connectivity index (χ2v) is 8.56. The van der Waals surface area contributed by atoms with E-state index in [-0.39, 0.29) is 11.9 Å². The zero-order valence-corrected chi connectivity index (χ0v) is 19.8. The maximum atomic E-state index is 13.6. The normalized spacial score (nSPS) is 14.9. The number of nitrogens with one attached hydrogen (secondary N) is 1. The molecule has 0 aliphatic carbocycles. The van der Waals surface area contributed by atoms with Gasteiger partial charge in [0.05, 0.1) is 25.5 Å². The van der Waals surface area contributed by atoms with E-state index in [1.54, 1.807) is 7.11 Å². The fourth-order valence-corrected chi connectivity index (χ4v) is 4.48. The monoisotopic (exact) mass is 503 g/mol. The van der Waals surface area contributed by atoms with Gasteiger partial charge in [-0.25, -0.2) is 0 Å². The Labute approximate surface area is 200 Å². The number of ether oxygens (including phenoxy) is 2. The molecule has 0 unspecified atom stereocenters. The van der Waals surface area contributed by atoms with Crippen molar-refractivity contribution in [1.29, 1.82) is 0 Å². The van der Waals surface area contributed by atoms with Gasteiger partial charge in [-0.15, -0.1) is 0 Å². The average Bonchev–Trinajstić information content (AvgIpc) is 3.40. The number of methoxy groups -OCH3 is 1. The third-order valence-corrected chi connectivity index (χ3v) is 6.27. The molecule has 0 fully saturated rings. The number of aromatic nitrogens is 2. The van der Waals surface area contributed by atoms with Gasteiger partial charge in [-0.2, -0.15) is 5.10 Å². The highest BCUT2D eigenvalue weighted by atomic mass is 79.9. The molecule has 0 saturated carbocycles. The van der Waals surface area contributed by atoms with Gasteiger partial charge < -0.3 is 9.47 Å². The van der Waals surface area contributed by atoms with Crippen molar-refractivity contribution >= 4 is 27.5 Å². The topological polar surface area (TPSA) is 67.5 Å². The molecular weight excluding hydrogens is 482 g/mol. The van der Waals surface area contributed by atoms with Crippen LogP contribution in [-0.4, -0.2) is 29.8 Å². The number of carbonyl (C=O) groups excluding carboxylic acids is 1. The molecule has 1 aromatic heterocycles. The minimum atomic E-state index is -0.333. The minimum Gasteiger partial charge on any atom is -0.497 e. The molecule has 0 bridgehead atoms. The SMILES string of the molecule is CCOc1ccc([C@H]2c3c(-c4ccc(OC)cc4)n[nH]c3C(=O)N2c2ccc(Br)cc2)cc1. The summed E-state index contributed by atoms with van der Waals surface area (Å²) in [6.07, 6.45) is 0. The van der Waals surface area contributed by atoms with E-state index < -0.39 is 0 Å². The Morgan fingerprint density at radius 2 is 1.64 bits per heavy atom. The summed E-state index contributed by atoms with van der Waals surface area (Å²) in [7, 11) is 1.64. The molecule has 0 spiro atoms. The molecule has 5 rings (SSSR count). The number of benzene rings is 3. The molecule has 1 aliphatic heterocycles. The largest absolute Gasteiger partial charge is 0.497 e. The molecule has 6 nitrogen and oxygen atoms in total. The van der Waals surface area contributed by atoms with Crippen molar-refractivity contribution in [2.45, 2.75) is 13.0 Å². The first-order valence-electron chi connectivity index (χ1n) is 10.6. The molecular formula is C26H22BrN3O3. The summed E-state index contributed by atoms with van der Waals surface area (Å²) in [6, 6.07) is 23.0. The van der Waals surface area contributed by atoms with Crippen molar-refractivity contribution in [3.8, 4) is 22.8 Å². The van der Waals surface area contributed by atoms with Gasteiger partial charge in [-0.1, -0.05) is 28.1 Å². The number of H-pyrrole nitrogens is 1. The number of nitrogens with zero attached hydrogens (tertiary/aromatic N) is 2. The van der Waals surface area contributed by atoms with Gasteiger partial charge in [0.2, 0.25) is 0 Å². The van der Waals surface area contributed by atoms with Gasteiger partial charge in [0.15, 0.2) is 0 Å². The highest BCUT2D eigenvalue weighted by Gasteiger charge is 2.43. The maximum Gasteiger partial charge on any atom is 0.277 e. The molecule has 2 heterocycles. The second kappa shape index (κ2) is 8.75. The van der Waals surface area contributed by atoms with Crippen molar-refractivity contribution in [1.82, 2.24) is 10.2 Å². The van der Waals surface area contributed by atoms with Crippen molar-refractivity contribution in [3.63, 3.8) is 0 Å². The first-order chi connectivity index (χ1) is 16.1. The van der Waals surface area contributed by atoms with Crippen LogP contribution in [0.4, 0.5) is 5.69 Å². The molecule has 166 valence electrons. The van der Waals surface area contributed by atoms with Crippen LogP contribution < -0.4 is 14.4 Å². The standard InChI is InChI=1S/C26H22BrN3O3/c1-3-33-21-14-6-17(7-15-21)25-22-23(16-4-12-20(32-2)13-5-16)28-29-24(22)26(31)30(25)19-10-8-18(27)9-11-19/h4-15,25H,3H2,1-2H3,(H,28,29)/t25-/m0/s1. The molecule has 1 aliphatic rings. The first-order valence-corrected chi connectivity index (χ1v) is 11.4. The Morgan fingerprint density at radius 3 is 2.27 bits per heavy atom. The van der Waals surface area contributed by atoms with Gasteiger partial charge in [-0.05, 0) is 73.2 Å². The van der Waals surface area contributed by atoms with E-state index in [1.807, 2.05) is 84.6 Å². The lowest BCUT2D eigenvalue weighted by atomic mass is 9.95. The summed E-state index contributed by atoms with van der Waals surface area (Å²) in [4.78, 5) is 15.4. The van der Waals surface area contributed by atoms with Crippen molar-refractivity contribution in [2.24, 2.45) is 0 Å². The average molecular weight is 504 g/mol. The molecule has 0 saturated heterocycles. The van der Waals surface area contributed by atoms with Gasteiger partial charge in [0.25, 0.3) is 5.91 Å². The summed E-state index contributed by atoms with van der Waals surface area (Å²) >= 11 is 3.48. The zero-order chi connectivity index (χ0) is 22.9. The summed E-state index contributed by atoms with van der Waals surface area (Å²) < 4.78 is 11.9. The van der Waals surface area contributed by atoms with Crippen LogP contribution in [0.3, 0.4) is 0 Å². The van der Waals surface area contributed by atoms with Gasteiger partial charge >= 0.3 is 0 Å². The smallest absolute Gasteiger partial charge is 0.277 e. The van der Waals surface area contributed by atoms with E-state index in [2.05, 4.69) is 26.1 Å². The van der Waals surface area contributed by atoms with Crippen LogP contribution in [0.15, 0.2) is 77.3 Å². The van der Waals surface area contributed by atoms with Crippen LogP contribution in [0.5, 0.6) is 11.5 Å². The van der Waals surface area contributed by atoms with Gasteiger partial charge in [0.1, 0.15) is 17.2 Å². The second-order valence-electron chi connectivity index (χ2n) is 7.65. The number of carbonyl (C=O) groups is 1. The lowest BCUT2D eigenvalue weighted by Crippen LogP contribution is -2.29. The summed E-state index contributed by atoms with van der Waals surface area (Å²) in [5.74, 6) is 1.45. The molecule has 1 atom stereocenters. The number of aromatic amines is 1. The van der Waals surface area contributed by atoms with E-state index >= 15 is 0 Å².